The van der Waals surface area contributed by atoms with E-state index in [4.69, 9.17) is 15.5 Å². The molecule has 3 aromatic rings. The minimum absolute atomic E-state index is 0.00117. The van der Waals surface area contributed by atoms with Gasteiger partial charge in [-0.05, 0) is 36.6 Å². The number of benzene rings is 1. The zero-order chi connectivity index (χ0) is 26.5. The summed E-state index contributed by atoms with van der Waals surface area (Å²) in [5, 5.41) is 3.06. The molecule has 8 nitrogen and oxygen atoms in total. The third kappa shape index (κ3) is 6.08. The molecule has 196 valence electrons. The van der Waals surface area contributed by atoms with E-state index in [1.807, 2.05) is 32.9 Å². The van der Waals surface area contributed by atoms with Crippen molar-refractivity contribution in [1.29, 1.82) is 0 Å². The molecule has 0 unspecified atom stereocenters. The number of nitrogens with one attached hydrogen (secondary N) is 1. The van der Waals surface area contributed by atoms with E-state index in [1.165, 1.54) is 6.07 Å². The van der Waals surface area contributed by atoms with Crippen LogP contribution in [0.2, 0.25) is 0 Å². The Labute approximate surface area is 216 Å². The fourth-order valence-corrected chi connectivity index (χ4v) is 4.47. The number of halogens is 2. The number of nitrogen functional groups attached to an aromatic ring is 1. The van der Waals surface area contributed by atoms with E-state index >= 15 is 0 Å². The van der Waals surface area contributed by atoms with E-state index in [0.717, 1.165) is 43.5 Å². The van der Waals surface area contributed by atoms with Gasteiger partial charge in [0.25, 0.3) is 0 Å². The molecule has 0 saturated heterocycles. The Morgan fingerprint density at radius 2 is 2.03 bits per heavy atom. The van der Waals surface area contributed by atoms with Crippen molar-refractivity contribution in [1.82, 2.24) is 19.9 Å². The van der Waals surface area contributed by atoms with Crippen molar-refractivity contribution in [2.45, 2.75) is 33.7 Å². The first kappa shape index (κ1) is 26.6. The summed E-state index contributed by atoms with van der Waals surface area (Å²) in [6, 6.07) is 6.67. The van der Waals surface area contributed by atoms with Gasteiger partial charge in [0.2, 0.25) is 5.95 Å². The predicted molar refractivity (Wildman–Crippen MR) is 142 cm³/mol. The summed E-state index contributed by atoms with van der Waals surface area (Å²) in [5.41, 5.74) is 9.39. The Bertz CT molecular complexity index is 1300. The number of rotatable bonds is 9. The quantitative estimate of drug-likeness (QED) is 0.247. The van der Waals surface area contributed by atoms with Gasteiger partial charge in [-0.15, -0.1) is 0 Å². The highest BCUT2D eigenvalue weighted by atomic mass is 19.1. The largest absolute Gasteiger partial charge is 0.396 e. The van der Waals surface area contributed by atoms with E-state index in [1.54, 1.807) is 13.1 Å². The Morgan fingerprint density at radius 1 is 1.22 bits per heavy atom. The molecule has 0 atom stereocenters. The van der Waals surface area contributed by atoms with E-state index in [9.17, 15) is 8.78 Å². The Hall–Kier alpha value is -3.50. The SMILES string of the molecule is CCOCCN1CCc2nc(Nc3ncc(F)c(-c4cc(F)c(N)c(C(=NC)C(C)C)c4)n3)ccc2C1. The lowest BCUT2D eigenvalue weighted by atomic mass is 9.95. The smallest absolute Gasteiger partial charge is 0.229 e. The topological polar surface area (TPSA) is 102 Å². The maximum absolute atomic E-state index is 14.8. The Kier molecular flexibility index (Phi) is 8.40. The number of nitrogens with two attached hydrogens (primary N) is 1. The van der Waals surface area contributed by atoms with Gasteiger partial charge in [0.15, 0.2) is 5.82 Å². The molecule has 0 bridgehead atoms. The van der Waals surface area contributed by atoms with Crippen LogP contribution < -0.4 is 11.1 Å². The van der Waals surface area contributed by atoms with Crippen LogP contribution in [0.1, 0.15) is 37.6 Å². The van der Waals surface area contributed by atoms with E-state index < -0.39 is 11.6 Å². The molecular formula is C27H33F2N7O. The summed E-state index contributed by atoms with van der Waals surface area (Å²) < 4.78 is 35.0. The van der Waals surface area contributed by atoms with E-state index in [2.05, 4.69) is 25.2 Å². The van der Waals surface area contributed by atoms with Crippen LogP contribution in [0.5, 0.6) is 0 Å². The van der Waals surface area contributed by atoms with Gasteiger partial charge in [0.1, 0.15) is 17.3 Å². The summed E-state index contributed by atoms with van der Waals surface area (Å²) in [6.45, 7) is 9.90. The molecule has 0 saturated carbocycles. The fourth-order valence-electron chi connectivity index (χ4n) is 4.47. The second-order valence-electron chi connectivity index (χ2n) is 9.22. The highest BCUT2D eigenvalue weighted by Crippen LogP contribution is 2.30. The molecule has 0 spiro atoms. The van der Waals surface area contributed by atoms with Crippen LogP contribution in [-0.4, -0.2) is 58.9 Å². The minimum atomic E-state index is -0.675. The summed E-state index contributed by atoms with van der Waals surface area (Å²) in [4.78, 5) is 19.7. The number of anilines is 3. The first-order valence-corrected chi connectivity index (χ1v) is 12.5. The lowest BCUT2D eigenvalue weighted by Crippen LogP contribution is -2.33. The molecule has 0 amide bonds. The van der Waals surface area contributed by atoms with Gasteiger partial charge in [-0.2, -0.15) is 0 Å². The monoisotopic (exact) mass is 509 g/mol. The third-order valence-corrected chi connectivity index (χ3v) is 6.33. The summed E-state index contributed by atoms with van der Waals surface area (Å²) >= 11 is 0. The Balaban J connectivity index is 1.58. The zero-order valence-corrected chi connectivity index (χ0v) is 21.7. The first-order chi connectivity index (χ1) is 17.8. The van der Waals surface area contributed by atoms with Crippen LogP contribution in [0, 0.1) is 17.6 Å². The van der Waals surface area contributed by atoms with Crippen molar-refractivity contribution < 1.29 is 13.5 Å². The molecule has 10 heteroatoms. The molecule has 3 heterocycles. The van der Waals surface area contributed by atoms with E-state index in [0.29, 0.717) is 30.3 Å². The normalized spacial score (nSPS) is 14.2. The van der Waals surface area contributed by atoms with Crippen LogP contribution in [0.15, 0.2) is 35.5 Å². The fraction of sp³-hybridized carbons (Fsp3) is 0.407. The molecule has 4 rings (SSSR count). The summed E-state index contributed by atoms with van der Waals surface area (Å²) in [5.74, 6) is -0.617. The van der Waals surface area contributed by atoms with Crippen LogP contribution >= 0.6 is 0 Å². The molecule has 1 aliphatic rings. The van der Waals surface area contributed by atoms with Crippen LogP contribution in [0.3, 0.4) is 0 Å². The molecule has 0 fully saturated rings. The van der Waals surface area contributed by atoms with Crippen molar-refractivity contribution in [3.8, 4) is 11.3 Å². The average Bonchev–Trinajstić information content (AvgIpc) is 2.88. The highest BCUT2D eigenvalue weighted by molar-refractivity contribution is 6.06. The number of fused-ring (bicyclic) bond motifs is 1. The molecule has 1 aromatic carbocycles. The van der Waals surface area contributed by atoms with Crippen LogP contribution in [-0.2, 0) is 17.7 Å². The second-order valence-corrected chi connectivity index (χ2v) is 9.22. The standard InChI is InChI=1S/C27H33F2N7O/c1-5-37-11-10-36-9-8-22-17(15-36)6-7-23(33-22)34-27-32-14-21(29)26(35-27)18-12-19(24(30)20(28)13-18)25(31-4)16(2)3/h6-7,12-14,16H,5,8-11,15,30H2,1-4H3,(H,32,33,34,35). The number of hydrogen-bond donors (Lipinski definition) is 2. The molecule has 3 N–H and O–H groups in total. The van der Waals surface area contributed by atoms with E-state index in [-0.39, 0.29) is 28.8 Å². The predicted octanol–water partition coefficient (Wildman–Crippen LogP) is 4.61. The number of aliphatic imine (C=N–C) groups is 1. The molecular weight excluding hydrogens is 476 g/mol. The van der Waals surface area contributed by atoms with Gasteiger partial charge in [-0.25, -0.2) is 23.7 Å². The number of pyridine rings is 1. The second kappa shape index (κ2) is 11.7. The van der Waals surface area contributed by atoms with Gasteiger partial charge in [0.05, 0.1) is 18.5 Å². The first-order valence-electron chi connectivity index (χ1n) is 12.5. The van der Waals surface area contributed by atoms with Gasteiger partial charge in [-0.1, -0.05) is 19.9 Å². The zero-order valence-electron chi connectivity index (χ0n) is 21.7. The van der Waals surface area contributed by atoms with Crippen molar-refractivity contribution in [2.24, 2.45) is 10.9 Å². The molecule has 1 aliphatic heterocycles. The van der Waals surface area contributed by atoms with Gasteiger partial charge in [0, 0.05) is 62.2 Å². The molecule has 0 radical (unpaired) electrons. The third-order valence-electron chi connectivity index (χ3n) is 6.33. The van der Waals surface area contributed by atoms with Crippen molar-refractivity contribution in [3.63, 3.8) is 0 Å². The summed E-state index contributed by atoms with van der Waals surface area (Å²) in [6.07, 6.45) is 1.88. The van der Waals surface area contributed by atoms with Crippen LogP contribution in [0.25, 0.3) is 11.3 Å². The van der Waals surface area contributed by atoms with Gasteiger partial charge < -0.3 is 15.8 Å². The number of nitrogens with zero attached hydrogens (tertiary/aromatic N) is 5. The molecule has 2 aromatic heterocycles. The number of hydrogen-bond acceptors (Lipinski definition) is 8. The number of ether oxygens (including phenoxy) is 1. The highest BCUT2D eigenvalue weighted by Gasteiger charge is 2.20. The molecule has 0 aliphatic carbocycles. The van der Waals surface area contributed by atoms with Crippen molar-refractivity contribution in [3.05, 3.63) is 58.9 Å². The van der Waals surface area contributed by atoms with Crippen LogP contribution in [0.4, 0.5) is 26.2 Å². The average molecular weight is 510 g/mol. The maximum Gasteiger partial charge on any atom is 0.229 e. The Morgan fingerprint density at radius 3 is 2.76 bits per heavy atom. The maximum atomic E-state index is 14.8. The number of aromatic nitrogens is 3. The van der Waals surface area contributed by atoms with Gasteiger partial charge in [-0.3, -0.25) is 9.89 Å². The lowest BCUT2D eigenvalue weighted by molar-refractivity contribution is 0.108. The van der Waals surface area contributed by atoms with Gasteiger partial charge >= 0.3 is 0 Å². The summed E-state index contributed by atoms with van der Waals surface area (Å²) in [7, 11) is 1.62. The lowest BCUT2D eigenvalue weighted by Gasteiger charge is -2.28. The van der Waals surface area contributed by atoms with Crippen molar-refractivity contribution in [2.75, 3.05) is 44.4 Å². The molecule has 37 heavy (non-hydrogen) atoms. The minimum Gasteiger partial charge on any atom is -0.396 e. The van der Waals surface area contributed by atoms with Crippen molar-refractivity contribution >= 4 is 23.2 Å².